The summed E-state index contributed by atoms with van der Waals surface area (Å²) in [6.45, 7) is 5.16. The molecule has 0 bridgehead atoms. The molecule has 0 aliphatic heterocycles. The van der Waals surface area contributed by atoms with Gasteiger partial charge in [0.05, 0.1) is 10.5 Å². The molecule has 0 aliphatic rings. The third-order valence-corrected chi connectivity index (χ3v) is 5.92. The predicted octanol–water partition coefficient (Wildman–Crippen LogP) is 3.14. The number of rotatable bonds is 4. The van der Waals surface area contributed by atoms with Gasteiger partial charge in [-0.15, -0.1) is 0 Å². The molecule has 5 heteroatoms. The van der Waals surface area contributed by atoms with E-state index in [9.17, 15) is 13.5 Å². The SMILES string of the molecule is CC(C)(C)S(=O)(=O)CCOc1ccc2ccc(O)cc2c1. The maximum atomic E-state index is 12.0. The Morgan fingerprint density at radius 2 is 1.71 bits per heavy atom. The molecule has 2 aromatic carbocycles. The zero-order valence-electron chi connectivity index (χ0n) is 12.5. The molecule has 0 saturated heterocycles. The van der Waals surface area contributed by atoms with Crippen molar-refractivity contribution in [2.75, 3.05) is 12.4 Å². The van der Waals surface area contributed by atoms with Crippen LogP contribution in [0.2, 0.25) is 0 Å². The lowest BCUT2D eigenvalue weighted by Crippen LogP contribution is -2.32. The third kappa shape index (κ3) is 3.67. The zero-order valence-corrected chi connectivity index (χ0v) is 13.3. The summed E-state index contributed by atoms with van der Waals surface area (Å²) in [4.78, 5) is 0. The van der Waals surface area contributed by atoms with Crippen LogP contribution in [0.5, 0.6) is 11.5 Å². The predicted molar refractivity (Wildman–Crippen MR) is 84.6 cm³/mol. The van der Waals surface area contributed by atoms with E-state index < -0.39 is 14.6 Å². The van der Waals surface area contributed by atoms with Crippen molar-refractivity contribution in [1.82, 2.24) is 0 Å². The van der Waals surface area contributed by atoms with Crippen LogP contribution in [0.1, 0.15) is 20.8 Å². The Kier molecular flexibility index (Phi) is 4.14. The number of phenols is 1. The zero-order chi connectivity index (χ0) is 15.7. The van der Waals surface area contributed by atoms with Crippen LogP contribution in [0.15, 0.2) is 36.4 Å². The van der Waals surface area contributed by atoms with Crippen LogP contribution in [-0.4, -0.2) is 30.6 Å². The van der Waals surface area contributed by atoms with E-state index in [1.807, 2.05) is 12.1 Å². The number of aromatic hydroxyl groups is 1. The number of hydrogen-bond acceptors (Lipinski definition) is 4. The van der Waals surface area contributed by atoms with Gasteiger partial charge in [-0.2, -0.15) is 0 Å². The second kappa shape index (κ2) is 5.56. The first-order valence-electron chi connectivity index (χ1n) is 6.77. The van der Waals surface area contributed by atoms with Crippen molar-refractivity contribution >= 4 is 20.6 Å². The van der Waals surface area contributed by atoms with Gasteiger partial charge in [0.15, 0.2) is 9.84 Å². The van der Waals surface area contributed by atoms with Crippen molar-refractivity contribution in [2.24, 2.45) is 0 Å². The highest BCUT2D eigenvalue weighted by Gasteiger charge is 2.28. The molecule has 0 amide bonds. The molecular weight excluding hydrogens is 288 g/mol. The van der Waals surface area contributed by atoms with E-state index in [1.165, 1.54) is 0 Å². The summed E-state index contributed by atoms with van der Waals surface area (Å²) in [6, 6.07) is 10.6. The minimum absolute atomic E-state index is 0.0193. The Balaban J connectivity index is 2.08. The van der Waals surface area contributed by atoms with Crippen LogP contribution in [-0.2, 0) is 9.84 Å². The van der Waals surface area contributed by atoms with Crippen LogP contribution in [0.25, 0.3) is 10.8 Å². The summed E-state index contributed by atoms with van der Waals surface area (Å²) in [5.74, 6) is 0.765. The van der Waals surface area contributed by atoms with E-state index in [-0.39, 0.29) is 18.1 Å². The first-order chi connectivity index (χ1) is 9.69. The number of benzene rings is 2. The van der Waals surface area contributed by atoms with Crippen LogP contribution in [0.4, 0.5) is 0 Å². The Morgan fingerprint density at radius 1 is 1.05 bits per heavy atom. The molecule has 4 nitrogen and oxygen atoms in total. The fourth-order valence-corrected chi connectivity index (χ4v) is 2.79. The molecule has 1 N–H and O–H groups in total. The van der Waals surface area contributed by atoms with Crippen molar-refractivity contribution in [3.8, 4) is 11.5 Å². The van der Waals surface area contributed by atoms with E-state index in [2.05, 4.69) is 0 Å². The Hall–Kier alpha value is -1.75. The normalized spacial score (nSPS) is 12.5. The lowest BCUT2D eigenvalue weighted by atomic mass is 10.1. The molecule has 21 heavy (non-hydrogen) atoms. The first-order valence-corrected chi connectivity index (χ1v) is 8.42. The number of phenolic OH excluding ortho intramolecular Hbond substituents is 1. The summed E-state index contributed by atoms with van der Waals surface area (Å²) < 4.78 is 28.7. The molecule has 0 saturated carbocycles. The highest BCUT2D eigenvalue weighted by atomic mass is 32.2. The van der Waals surface area contributed by atoms with E-state index >= 15 is 0 Å². The number of sulfone groups is 1. The van der Waals surface area contributed by atoms with Gasteiger partial charge in [-0.3, -0.25) is 0 Å². The van der Waals surface area contributed by atoms with Gasteiger partial charge >= 0.3 is 0 Å². The van der Waals surface area contributed by atoms with Crippen molar-refractivity contribution < 1.29 is 18.3 Å². The maximum Gasteiger partial charge on any atom is 0.158 e. The highest BCUT2D eigenvalue weighted by Crippen LogP contribution is 2.24. The lowest BCUT2D eigenvalue weighted by Gasteiger charge is -2.19. The van der Waals surface area contributed by atoms with E-state index in [4.69, 9.17) is 4.74 Å². The maximum absolute atomic E-state index is 12.0. The molecular formula is C16H20O4S. The minimum atomic E-state index is -3.18. The molecule has 2 aromatic rings. The van der Waals surface area contributed by atoms with Gasteiger partial charge in [-0.25, -0.2) is 8.42 Å². The summed E-state index contributed by atoms with van der Waals surface area (Å²) in [7, 11) is -3.18. The van der Waals surface area contributed by atoms with Crippen LogP contribution < -0.4 is 4.74 Å². The summed E-state index contributed by atoms with van der Waals surface area (Å²) in [5.41, 5.74) is 0. The third-order valence-electron chi connectivity index (χ3n) is 3.35. The molecule has 0 spiro atoms. The Bertz CT molecular complexity index is 742. The van der Waals surface area contributed by atoms with Crippen molar-refractivity contribution in [3.63, 3.8) is 0 Å². The van der Waals surface area contributed by atoms with Gasteiger partial charge in [-0.1, -0.05) is 12.1 Å². The fraction of sp³-hybridized carbons (Fsp3) is 0.375. The van der Waals surface area contributed by atoms with Gasteiger partial charge in [0.2, 0.25) is 0 Å². The van der Waals surface area contributed by atoms with E-state index in [0.717, 1.165) is 10.8 Å². The standard InChI is InChI=1S/C16H20O4S/c1-16(2,3)21(18,19)9-8-20-15-7-5-12-4-6-14(17)10-13(12)11-15/h4-7,10-11,17H,8-9H2,1-3H3. The summed E-state index contributed by atoms with van der Waals surface area (Å²) in [6.07, 6.45) is 0. The molecule has 0 unspecified atom stereocenters. The minimum Gasteiger partial charge on any atom is -0.508 e. The van der Waals surface area contributed by atoms with Gasteiger partial charge in [0, 0.05) is 0 Å². The molecule has 0 aromatic heterocycles. The van der Waals surface area contributed by atoms with Crippen LogP contribution in [0.3, 0.4) is 0 Å². The molecule has 0 atom stereocenters. The van der Waals surface area contributed by atoms with Crippen LogP contribution in [0, 0.1) is 0 Å². The molecule has 0 radical (unpaired) electrons. The quantitative estimate of drug-likeness (QED) is 0.942. The first kappa shape index (κ1) is 15.6. The fourth-order valence-electron chi connectivity index (χ4n) is 1.88. The topological polar surface area (TPSA) is 63.6 Å². The van der Waals surface area contributed by atoms with Gasteiger partial charge in [0.25, 0.3) is 0 Å². The molecule has 114 valence electrons. The Labute approximate surface area is 125 Å². The second-order valence-electron chi connectivity index (χ2n) is 5.97. The van der Waals surface area contributed by atoms with Crippen molar-refractivity contribution in [3.05, 3.63) is 36.4 Å². The van der Waals surface area contributed by atoms with Crippen molar-refractivity contribution in [1.29, 1.82) is 0 Å². The number of ether oxygens (including phenoxy) is 1. The monoisotopic (exact) mass is 308 g/mol. The van der Waals surface area contributed by atoms with Gasteiger partial charge in [0.1, 0.15) is 18.1 Å². The molecule has 0 fully saturated rings. The summed E-state index contributed by atoms with van der Waals surface area (Å²) >= 11 is 0. The molecule has 2 rings (SSSR count). The van der Waals surface area contributed by atoms with Crippen molar-refractivity contribution in [2.45, 2.75) is 25.5 Å². The van der Waals surface area contributed by atoms with E-state index in [1.54, 1.807) is 45.0 Å². The van der Waals surface area contributed by atoms with Crippen LogP contribution >= 0.6 is 0 Å². The van der Waals surface area contributed by atoms with E-state index in [0.29, 0.717) is 5.75 Å². The largest absolute Gasteiger partial charge is 0.508 e. The molecule has 0 heterocycles. The second-order valence-corrected chi connectivity index (χ2v) is 8.84. The average molecular weight is 308 g/mol. The highest BCUT2D eigenvalue weighted by molar-refractivity contribution is 7.92. The number of hydrogen-bond donors (Lipinski definition) is 1. The lowest BCUT2D eigenvalue weighted by molar-refractivity contribution is 0.340. The Morgan fingerprint density at radius 3 is 2.38 bits per heavy atom. The number of fused-ring (bicyclic) bond motifs is 1. The summed E-state index contributed by atoms with van der Waals surface area (Å²) in [5, 5.41) is 11.3. The van der Waals surface area contributed by atoms with Gasteiger partial charge in [-0.05, 0) is 55.8 Å². The smallest absolute Gasteiger partial charge is 0.158 e. The average Bonchev–Trinajstić information content (AvgIpc) is 2.36. The van der Waals surface area contributed by atoms with Gasteiger partial charge < -0.3 is 9.84 Å². The molecule has 0 aliphatic carbocycles.